The second-order valence-electron chi connectivity index (χ2n) is 11.8. The fourth-order valence-electron chi connectivity index (χ4n) is 5.88. The fraction of sp³-hybridized carbons (Fsp3) is 0.400. The number of hydrogen-bond acceptors (Lipinski definition) is 6. The maximum absolute atomic E-state index is 13.9. The van der Waals surface area contributed by atoms with E-state index in [1.165, 1.54) is 12.1 Å². The monoisotopic (exact) mass is 531 g/mol. The highest BCUT2D eigenvalue weighted by Crippen LogP contribution is 2.43. The van der Waals surface area contributed by atoms with Crippen LogP contribution in [0, 0.1) is 19.7 Å². The lowest BCUT2D eigenvalue weighted by Crippen LogP contribution is -2.61. The molecule has 4 heterocycles. The fourth-order valence-corrected chi connectivity index (χ4v) is 5.88. The Balaban J connectivity index is 1.39. The molecule has 1 amide bonds. The van der Waals surface area contributed by atoms with Gasteiger partial charge in [0.2, 0.25) is 0 Å². The predicted molar refractivity (Wildman–Crippen MR) is 149 cm³/mol. The molecule has 2 aliphatic heterocycles. The van der Waals surface area contributed by atoms with Gasteiger partial charge < -0.3 is 19.8 Å². The number of piperazine rings is 1. The van der Waals surface area contributed by atoms with E-state index in [-0.39, 0.29) is 22.7 Å². The Morgan fingerprint density at radius 2 is 1.72 bits per heavy atom. The first-order valence-corrected chi connectivity index (χ1v) is 13.1. The van der Waals surface area contributed by atoms with Crippen LogP contribution in [-0.2, 0) is 5.41 Å². The van der Waals surface area contributed by atoms with Gasteiger partial charge in [-0.25, -0.2) is 19.2 Å². The average molecular weight is 532 g/mol. The first kappa shape index (κ1) is 26.6. The number of pyridine rings is 2. The maximum Gasteiger partial charge on any atom is 0.337 e. The van der Waals surface area contributed by atoms with Crippen LogP contribution in [0.2, 0.25) is 0 Å². The van der Waals surface area contributed by atoms with Crippen molar-refractivity contribution in [2.75, 3.05) is 36.0 Å². The molecule has 8 nitrogen and oxygen atoms in total. The van der Waals surface area contributed by atoms with Crippen molar-refractivity contribution in [3.8, 4) is 0 Å². The normalized spacial score (nSPS) is 17.8. The Labute approximate surface area is 228 Å². The molecule has 9 heteroatoms. The van der Waals surface area contributed by atoms with Gasteiger partial charge >= 0.3 is 5.97 Å². The number of amides is 1. The van der Waals surface area contributed by atoms with Gasteiger partial charge in [0, 0.05) is 37.3 Å². The van der Waals surface area contributed by atoms with Crippen molar-refractivity contribution in [1.82, 2.24) is 14.9 Å². The number of aromatic carboxylic acids is 1. The molecular weight excluding hydrogens is 497 g/mol. The van der Waals surface area contributed by atoms with E-state index in [4.69, 9.17) is 4.98 Å². The largest absolute Gasteiger partial charge is 0.478 e. The number of aryl methyl sites for hydroxylation is 2. The van der Waals surface area contributed by atoms with Crippen molar-refractivity contribution in [1.29, 1.82) is 0 Å². The number of nitrogens with zero attached hydrogens (tertiary/aromatic N) is 5. The van der Waals surface area contributed by atoms with Crippen molar-refractivity contribution in [3.63, 3.8) is 0 Å². The molecule has 39 heavy (non-hydrogen) atoms. The van der Waals surface area contributed by atoms with Crippen LogP contribution in [0.25, 0.3) is 0 Å². The number of halogens is 1. The van der Waals surface area contributed by atoms with Crippen LogP contribution >= 0.6 is 0 Å². The minimum Gasteiger partial charge on any atom is -0.478 e. The van der Waals surface area contributed by atoms with Gasteiger partial charge in [0.15, 0.2) is 0 Å². The van der Waals surface area contributed by atoms with Crippen LogP contribution in [0.5, 0.6) is 0 Å². The number of carbonyl (C=O) groups excluding carboxylic acids is 1. The third-order valence-electron chi connectivity index (χ3n) is 7.77. The number of fused-ring (bicyclic) bond motifs is 1. The summed E-state index contributed by atoms with van der Waals surface area (Å²) in [5, 5.41) is 9.49. The Morgan fingerprint density at radius 1 is 0.974 bits per heavy atom. The molecule has 1 saturated heterocycles. The standard InChI is InChI=1S/C30H34FN5O3/c1-18-14-24(32-19(2)25(18)28(38)39)34-12-13-36(30(5,6)17-34)27(37)22-10-11-23-26(33-22)29(3,4)16-35(23)21-9-7-8-20(31)15-21/h7-11,14-15H,12-13,16-17H2,1-6H3,(H,38,39). The van der Waals surface area contributed by atoms with Crippen molar-refractivity contribution < 1.29 is 19.1 Å². The molecule has 0 atom stereocenters. The highest BCUT2D eigenvalue weighted by atomic mass is 19.1. The molecule has 1 N–H and O–H groups in total. The molecule has 2 aromatic heterocycles. The zero-order chi connectivity index (χ0) is 28.3. The van der Waals surface area contributed by atoms with Crippen LogP contribution in [0.4, 0.5) is 21.6 Å². The lowest BCUT2D eigenvalue weighted by atomic mass is 9.91. The van der Waals surface area contributed by atoms with Gasteiger partial charge in [0.05, 0.1) is 28.2 Å². The summed E-state index contributed by atoms with van der Waals surface area (Å²) in [6, 6.07) is 12.0. The minimum atomic E-state index is -0.983. The summed E-state index contributed by atoms with van der Waals surface area (Å²) in [6.45, 7) is 13.9. The van der Waals surface area contributed by atoms with Crippen LogP contribution in [0.15, 0.2) is 42.5 Å². The number of carbonyl (C=O) groups is 2. The number of hydrogen-bond donors (Lipinski definition) is 1. The quantitative estimate of drug-likeness (QED) is 0.501. The molecule has 5 rings (SSSR count). The first-order chi connectivity index (χ1) is 18.3. The number of carboxylic acids is 1. The summed E-state index contributed by atoms with van der Waals surface area (Å²) in [7, 11) is 0. The summed E-state index contributed by atoms with van der Waals surface area (Å²) >= 11 is 0. The minimum absolute atomic E-state index is 0.135. The van der Waals surface area contributed by atoms with E-state index in [0.717, 1.165) is 17.1 Å². The van der Waals surface area contributed by atoms with Gasteiger partial charge in [-0.05, 0) is 69.7 Å². The molecule has 204 valence electrons. The van der Waals surface area contributed by atoms with Gasteiger partial charge in [0.25, 0.3) is 5.91 Å². The summed E-state index contributed by atoms with van der Waals surface area (Å²) in [5.41, 5.74) is 3.38. The Kier molecular flexibility index (Phi) is 6.36. The van der Waals surface area contributed by atoms with E-state index < -0.39 is 11.5 Å². The molecular formula is C30H34FN5O3. The summed E-state index contributed by atoms with van der Waals surface area (Å²) in [6.07, 6.45) is 0. The molecule has 0 aliphatic carbocycles. The third-order valence-corrected chi connectivity index (χ3v) is 7.77. The van der Waals surface area contributed by atoms with Crippen molar-refractivity contribution in [3.05, 3.63) is 76.5 Å². The third kappa shape index (κ3) is 4.70. The number of benzene rings is 1. The van der Waals surface area contributed by atoms with Gasteiger partial charge in [0.1, 0.15) is 17.3 Å². The van der Waals surface area contributed by atoms with Gasteiger partial charge in [-0.15, -0.1) is 0 Å². The molecule has 0 unspecified atom stereocenters. The lowest BCUT2D eigenvalue weighted by molar-refractivity contribution is 0.0506. The molecule has 0 radical (unpaired) electrons. The number of rotatable bonds is 4. The van der Waals surface area contributed by atoms with E-state index in [2.05, 4.69) is 28.6 Å². The molecule has 0 saturated carbocycles. The van der Waals surface area contributed by atoms with Gasteiger partial charge in [-0.1, -0.05) is 19.9 Å². The van der Waals surface area contributed by atoms with E-state index in [9.17, 15) is 19.1 Å². The Morgan fingerprint density at radius 3 is 2.36 bits per heavy atom. The van der Waals surface area contributed by atoms with Gasteiger partial charge in [-0.2, -0.15) is 0 Å². The topological polar surface area (TPSA) is 89.9 Å². The van der Waals surface area contributed by atoms with Crippen molar-refractivity contribution >= 4 is 29.1 Å². The molecule has 3 aromatic rings. The second kappa shape index (κ2) is 9.32. The molecule has 0 bridgehead atoms. The Hall–Kier alpha value is -4.01. The van der Waals surface area contributed by atoms with E-state index in [1.54, 1.807) is 32.0 Å². The smallest absolute Gasteiger partial charge is 0.337 e. The van der Waals surface area contributed by atoms with E-state index >= 15 is 0 Å². The first-order valence-electron chi connectivity index (χ1n) is 13.1. The number of anilines is 3. The van der Waals surface area contributed by atoms with Crippen LogP contribution in [-0.4, -0.2) is 63.6 Å². The molecule has 1 fully saturated rings. The van der Waals surface area contributed by atoms with Gasteiger partial charge in [-0.3, -0.25) is 4.79 Å². The number of aromatic nitrogens is 2. The summed E-state index contributed by atoms with van der Waals surface area (Å²) in [5.74, 6) is -0.698. The highest BCUT2D eigenvalue weighted by Gasteiger charge is 2.41. The van der Waals surface area contributed by atoms with Crippen LogP contribution in [0.1, 0.15) is 65.5 Å². The van der Waals surface area contributed by atoms with E-state index in [0.29, 0.717) is 48.9 Å². The zero-order valence-corrected chi connectivity index (χ0v) is 23.2. The second-order valence-corrected chi connectivity index (χ2v) is 11.8. The molecule has 1 aromatic carbocycles. The summed E-state index contributed by atoms with van der Waals surface area (Å²) in [4.78, 5) is 40.8. The maximum atomic E-state index is 13.9. The van der Waals surface area contributed by atoms with Crippen LogP contribution in [0.3, 0.4) is 0 Å². The SMILES string of the molecule is Cc1cc(N2CCN(C(=O)c3ccc4c(n3)C(C)(C)CN4c3cccc(F)c3)C(C)(C)C2)nc(C)c1C(=O)O. The van der Waals surface area contributed by atoms with Crippen molar-refractivity contribution in [2.45, 2.75) is 52.5 Å². The zero-order valence-electron chi connectivity index (χ0n) is 23.2. The predicted octanol–water partition coefficient (Wildman–Crippen LogP) is 5.10. The highest BCUT2D eigenvalue weighted by molar-refractivity contribution is 5.94. The summed E-state index contributed by atoms with van der Waals surface area (Å²) < 4.78 is 13.9. The average Bonchev–Trinajstić information content (AvgIpc) is 3.12. The van der Waals surface area contributed by atoms with Crippen molar-refractivity contribution in [2.24, 2.45) is 0 Å². The van der Waals surface area contributed by atoms with E-state index in [1.807, 2.05) is 30.9 Å². The van der Waals surface area contributed by atoms with Crippen LogP contribution < -0.4 is 9.80 Å². The number of carboxylic acid groups (broad SMARTS) is 1. The molecule has 0 spiro atoms. The Bertz CT molecular complexity index is 1460. The molecule has 2 aliphatic rings. The lowest BCUT2D eigenvalue weighted by Gasteiger charge is -2.47.